The van der Waals surface area contributed by atoms with Crippen molar-refractivity contribution in [2.75, 3.05) is 0 Å². The van der Waals surface area contributed by atoms with E-state index in [0.717, 1.165) is 11.0 Å². The van der Waals surface area contributed by atoms with Crippen LogP contribution < -0.4 is 0 Å². The largest absolute Gasteiger partial charge is 0.631 e. The van der Waals surface area contributed by atoms with Crippen molar-refractivity contribution in [3.05, 3.63) is 46.9 Å². The summed E-state index contributed by atoms with van der Waals surface area (Å²) in [5.74, 6) is 0. The number of rotatable bonds is 7. The zero-order chi connectivity index (χ0) is 18.9. The summed E-state index contributed by atoms with van der Waals surface area (Å²) in [5, 5.41) is 24.2. The molecule has 0 atom stereocenters. The molecule has 1 aromatic heterocycles. The Bertz CT molecular complexity index is 817. The Labute approximate surface area is 163 Å². The molecule has 0 saturated heterocycles. The molecule has 140 valence electrons. The van der Waals surface area contributed by atoms with Crippen LogP contribution in [0.15, 0.2) is 46.9 Å². The Kier molecular flexibility index (Phi) is 8.65. The van der Waals surface area contributed by atoms with E-state index in [1.807, 2.05) is 0 Å². The Balaban J connectivity index is 0.000000552. The summed E-state index contributed by atoms with van der Waals surface area (Å²) < 4.78 is 3.65. The van der Waals surface area contributed by atoms with E-state index >= 15 is 0 Å². The maximum atomic E-state index is 7.17. The quantitative estimate of drug-likeness (QED) is 0.378. The SMILES string of the molecule is CCCCCCCCn1c2ccccc2c2cc(Br)ccc21.OB(O)O. The van der Waals surface area contributed by atoms with Gasteiger partial charge in [-0.05, 0) is 30.7 Å². The second-order valence-electron chi connectivity index (χ2n) is 6.44. The monoisotopic (exact) mass is 419 g/mol. The predicted molar refractivity (Wildman–Crippen MR) is 113 cm³/mol. The first kappa shape index (κ1) is 21.0. The molecule has 0 unspecified atom stereocenters. The number of para-hydroxylation sites is 1. The van der Waals surface area contributed by atoms with E-state index in [2.05, 4.69) is 69.9 Å². The van der Waals surface area contributed by atoms with Gasteiger partial charge in [0.2, 0.25) is 0 Å². The Morgan fingerprint density at radius 2 is 1.46 bits per heavy atom. The molecule has 2 aromatic carbocycles. The number of aryl methyl sites for hydroxylation is 1. The number of fused-ring (bicyclic) bond motifs is 3. The highest BCUT2D eigenvalue weighted by atomic mass is 79.9. The van der Waals surface area contributed by atoms with Crippen molar-refractivity contribution in [2.45, 2.75) is 52.0 Å². The fraction of sp³-hybridized carbons (Fsp3) is 0.400. The van der Waals surface area contributed by atoms with E-state index in [-0.39, 0.29) is 0 Å². The van der Waals surface area contributed by atoms with E-state index in [0.29, 0.717) is 0 Å². The van der Waals surface area contributed by atoms with Crippen LogP contribution in [0.3, 0.4) is 0 Å². The maximum absolute atomic E-state index is 7.17. The zero-order valence-electron chi connectivity index (χ0n) is 15.2. The minimum Gasteiger partial charge on any atom is -0.402 e. The van der Waals surface area contributed by atoms with Gasteiger partial charge in [0.15, 0.2) is 0 Å². The summed E-state index contributed by atoms with van der Waals surface area (Å²) in [6, 6.07) is 15.4. The molecule has 0 radical (unpaired) electrons. The number of hydrogen-bond acceptors (Lipinski definition) is 3. The molecule has 0 fully saturated rings. The van der Waals surface area contributed by atoms with E-state index in [4.69, 9.17) is 15.1 Å². The van der Waals surface area contributed by atoms with Crippen LogP contribution in [0.1, 0.15) is 45.4 Å². The minimum absolute atomic E-state index is 1.12. The lowest BCUT2D eigenvalue weighted by Gasteiger charge is -2.07. The van der Waals surface area contributed by atoms with Gasteiger partial charge in [0.25, 0.3) is 0 Å². The number of halogens is 1. The van der Waals surface area contributed by atoms with Gasteiger partial charge in [-0.3, -0.25) is 0 Å². The summed E-state index contributed by atoms with van der Waals surface area (Å²) in [6.07, 6.45) is 8.07. The van der Waals surface area contributed by atoms with E-state index in [9.17, 15) is 0 Å². The first-order chi connectivity index (χ1) is 12.5. The average Bonchev–Trinajstić information content (AvgIpc) is 2.91. The minimum atomic E-state index is -2.17. The maximum Gasteiger partial charge on any atom is 0.631 e. The molecule has 0 aliphatic carbocycles. The van der Waals surface area contributed by atoms with Gasteiger partial charge in [0.1, 0.15) is 0 Å². The van der Waals surface area contributed by atoms with Crippen molar-refractivity contribution in [2.24, 2.45) is 0 Å². The van der Waals surface area contributed by atoms with Gasteiger partial charge in [0, 0.05) is 32.8 Å². The first-order valence-corrected chi connectivity index (χ1v) is 10.0. The molecule has 3 N–H and O–H groups in total. The van der Waals surface area contributed by atoms with Crippen LogP contribution in [0, 0.1) is 0 Å². The standard InChI is InChI=1S/C20H24BrN.BH3O3/c1-2-3-4-5-6-9-14-22-19-11-8-7-10-17(19)18-15-16(21)12-13-20(18)22;2-1(3)4/h7-8,10-13,15H,2-6,9,14H2,1H3;2-4H. The Morgan fingerprint density at radius 1 is 0.846 bits per heavy atom. The van der Waals surface area contributed by atoms with E-state index in [1.54, 1.807) is 0 Å². The van der Waals surface area contributed by atoms with E-state index < -0.39 is 7.32 Å². The zero-order valence-corrected chi connectivity index (χ0v) is 16.8. The molecule has 3 aromatic rings. The van der Waals surface area contributed by atoms with Gasteiger partial charge >= 0.3 is 7.32 Å². The number of benzene rings is 2. The number of unbranched alkanes of at least 4 members (excludes halogenated alkanes) is 5. The lowest BCUT2D eigenvalue weighted by Crippen LogP contribution is -2.07. The highest BCUT2D eigenvalue weighted by molar-refractivity contribution is 9.10. The lowest BCUT2D eigenvalue weighted by atomic mass is 10.1. The molecule has 0 spiro atoms. The summed E-state index contributed by atoms with van der Waals surface area (Å²) in [4.78, 5) is 0. The Morgan fingerprint density at radius 3 is 2.19 bits per heavy atom. The third-order valence-electron chi connectivity index (χ3n) is 4.47. The molecule has 4 nitrogen and oxygen atoms in total. The fourth-order valence-corrected chi connectivity index (χ4v) is 3.68. The molecule has 3 rings (SSSR count). The normalized spacial score (nSPS) is 10.8. The number of hydrogen-bond donors (Lipinski definition) is 3. The van der Waals surface area contributed by atoms with Crippen LogP contribution >= 0.6 is 15.9 Å². The molecule has 0 aliphatic rings. The third-order valence-corrected chi connectivity index (χ3v) is 4.96. The van der Waals surface area contributed by atoms with Crippen molar-refractivity contribution in [3.63, 3.8) is 0 Å². The van der Waals surface area contributed by atoms with Crippen LogP contribution in [-0.2, 0) is 6.54 Å². The highest BCUT2D eigenvalue weighted by Crippen LogP contribution is 2.31. The van der Waals surface area contributed by atoms with Crippen LogP contribution in [-0.4, -0.2) is 27.0 Å². The Hall–Kier alpha value is -1.34. The van der Waals surface area contributed by atoms with Crippen molar-refractivity contribution in [1.82, 2.24) is 4.57 Å². The fourth-order valence-electron chi connectivity index (χ4n) is 3.32. The summed E-state index contributed by atoms with van der Waals surface area (Å²) in [6.45, 7) is 3.40. The van der Waals surface area contributed by atoms with E-state index in [1.165, 1.54) is 60.3 Å². The lowest BCUT2D eigenvalue weighted by molar-refractivity contribution is 0.278. The topological polar surface area (TPSA) is 65.6 Å². The summed E-state index contributed by atoms with van der Waals surface area (Å²) >= 11 is 3.61. The van der Waals surface area contributed by atoms with Gasteiger partial charge in [-0.2, -0.15) is 0 Å². The van der Waals surface area contributed by atoms with Crippen LogP contribution in [0.4, 0.5) is 0 Å². The number of nitrogens with zero attached hydrogens (tertiary/aromatic N) is 1. The molecule has 0 saturated carbocycles. The second kappa shape index (κ2) is 10.7. The second-order valence-corrected chi connectivity index (χ2v) is 7.36. The van der Waals surface area contributed by atoms with Crippen LogP contribution in [0.2, 0.25) is 0 Å². The highest BCUT2D eigenvalue weighted by Gasteiger charge is 2.09. The third kappa shape index (κ3) is 5.84. The van der Waals surface area contributed by atoms with Gasteiger partial charge in [-0.1, -0.05) is 73.2 Å². The molecule has 6 heteroatoms. The molecule has 0 aliphatic heterocycles. The molecule has 1 heterocycles. The van der Waals surface area contributed by atoms with Gasteiger partial charge in [0.05, 0.1) is 0 Å². The molecular weight excluding hydrogens is 393 g/mol. The summed E-state index contributed by atoms with van der Waals surface area (Å²) in [7, 11) is -2.17. The summed E-state index contributed by atoms with van der Waals surface area (Å²) in [5.41, 5.74) is 2.72. The average molecular weight is 420 g/mol. The number of aromatic nitrogens is 1. The molecule has 0 bridgehead atoms. The van der Waals surface area contributed by atoms with Gasteiger partial charge < -0.3 is 19.6 Å². The van der Waals surface area contributed by atoms with Gasteiger partial charge in [-0.25, -0.2) is 0 Å². The van der Waals surface area contributed by atoms with Crippen LogP contribution in [0.25, 0.3) is 21.8 Å². The van der Waals surface area contributed by atoms with Crippen LogP contribution in [0.5, 0.6) is 0 Å². The van der Waals surface area contributed by atoms with Crippen molar-refractivity contribution in [3.8, 4) is 0 Å². The van der Waals surface area contributed by atoms with Gasteiger partial charge in [-0.15, -0.1) is 0 Å². The van der Waals surface area contributed by atoms with Crippen molar-refractivity contribution < 1.29 is 15.1 Å². The van der Waals surface area contributed by atoms with Crippen molar-refractivity contribution >= 4 is 45.1 Å². The molecule has 0 amide bonds. The smallest absolute Gasteiger partial charge is 0.402 e. The molecular formula is C20H27BBrNO3. The van der Waals surface area contributed by atoms with Crippen molar-refractivity contribution in [1.29, 1.82) is 0 Å². The predicted octanol–water partition coefficient (Wildman–Crippen LogP) is 4.87. The molecule has 26 heavy (non-hydrogen) atoms. The first-order valence-electron chi connectivity index (χ1n) is 9.25.